The van der Waals surface area contributed by atoms with Gasteiger partial charge in [-0.1, -0.05) is 12.1 Å². The third kappa shape index (κ3) is 4.28. The molecule has 6 nitrogen and oxygen atoms in total. The van der Waals surface area contributed by atoms with Crippen molar-refractivity contribution in [3.8, 4) is 0 Å². The normalized spacial score (nSPS) is 10.3. The molecule has 24 heavy (non-hydrogen) atoms. The van der Waals surface area contributed by atoms with Gasteiger partial charge >= 0.3 is 0 Å². The standard InChI is InChI=1S/C17H18FN3O3/c1-3-20(14-6-4-5-13(18)9-14)11-17(22)19-16-10-15(21(23)24)8-7-12(16)2/h4-10H,3,11H2,1-2H3,(H,19,22). The summed E-state index contributed by atoms with van der Waals surface area (Å²) in [5, 5.41) is 13.5. The van der Waals surface area contributed by atoms with Crippen molar-refractivity contribution in [2.24, 2.45) is 0 Å². The zero-order valence-corrected chi connectivity index (χ0v) is 13.5. The number of amides is 1. The SMILES string of the molecule is CCN(CC(=O)Nc1cc([N+](=O)[O-])ccc1C)c1cccc(F)c1. The van der Waals surface area contributed by atoms with Gasteiger partial charge in [-0.25, -0.2) is 4.39 Å². The van der Waals surface area contributed by atoms with E-state index in [9.17, 15) is 19.3 Å². The van der Waals surface area contributed by atoms with E-state index in [-0.39, 0.29) is 24.0 Å². The fourth-order valence-electron chi connectivity index (χ4n) is 2.28. The highest BCUT2D eigenvalue weighted by atomic mass is 19.1. The van der Waals surface area contributed by atoms with Crippen LogP contribution in [0.4, 0.5) is 21.5 Å². The van der Waals surface area contributed by atoms with Gasteiger partial charge in [0.05, 0.1) is 17.2 Å². The molecule has 0 saturated carbocycles. The second-order valence-electron chi connectivity index (χ2n) is 5.30. The summed E-state index contributed by atoms with van der Waals surface area (Å²) >= 11 is 0. The molecule has 0 atom stereocenters. The maximum Gasteiger partial charge on any atom is 0.271 e. The number of likely N-dealkylation sites (N-methyl/N-ethyl adjacent to an activating group) is 1. The Morgan fingerprint density at radius 3 is 2.67 bits per heavy atom. The van der Waals surface area contributed by atoms with Crippen LogP contribution in [0.3, 0.4) is 0 Å². The zero-order valence-electron chi connectivity index (χ0n) is 13.5. The summed E-state index contributed by atoms with van der Waals surface area (Å²) in [6, 6.07) is 10.3. The summed E-state index contributed by atoms with van der Waals surface area (Å²) in [5.74, 6) is -0.703. The maximum absolute atomic E-state index is 13.3. The molecule has 0 aliphatic rings. The van der Waals surface area contributed by atoms with Crippen LogP contribution in [0.2, 0.25) is 0 Å². The predicted octanol–water partition coefficient (Wildman–Crippen LogP) is 3.51. The number of rotatable bonds is 6. The van der Waals surface area contributed by atoms with Gasteiger partial charge in [-0.05, 0) is 37.6 Å². The van der Waals surface area contributed by atoms with Gasteiger partial charge in [0.2, 0.25) is 5.91 Å². The summed E-state index contributed by atoms with van der Waals surface area (Å²) in [6.45, 7) is 4.15. The number of aryl methyl sites for hydroxylation is 1. The summed E-state index contributed by atoms with van der Waals surface area (Å²) in [6.07, 6.45) is 0. The second-order valence-corrected chi connectivity index (χ2v) is 5.30. The van der Waals surface area contributed by atoms with Crippen molar-refractivity contribution in [1.29, 1.82) is 0 Å². The molecule has 2 aromatic rings. The maximum atomic E-state index is 13.3. The Morgan fingerprint density at radius 1 is 1.29 bits per heavy atom. The molecule has 0 fully saturated rings. The summed E-state index contributed by atoms with van der Waals surface area (Å²) < 4.78 is 13.3. The highest BCUT2D eigenvalue weighted by Gasteiger charge is 2.14. The molecule has 0 aromatic heterocycles. The largest absolute Gasteiger partial charge is 0.362 e. The quantitative estimate of drug-likeness (QED) is 0.649. The molecular weight excluding hydrogens is 313 g/mol. The first-order valence-electron chi connectivity index (χ1n) is 7.46. The van der Waals surface area contributed by atoms with Crippen LogP contribution in [-0.2, 0) is 4.79 Å². The molecule has 1 amide bonds. The molecule has 0 heterocycles. The first-order chi connectivity index (χ1) is 11.4. The molecule has 7 heteroatoms. The third-order valence-electron chi connectivity index (χ3n) is 3.60. The summed E-state index contributed by atoms with van der Waals surface area (Å²) in [7, 11) is 0. The van der Waals surface area contributed by atoms with Crippen LogP contribution in [0.5, 0.6) is 0 Å². The van der Waals surface area contributed by atoms with Crippen LogP contribution in [0.15, 0.2) is 42.5 Å². The van der Waals surface area contributed by atoms with E-state index in [4.69, 9.17) is 0 Å². The number of nitrogens with zero attached hydrogens (tertiary/aromatic N) is 2. The van der Waals surface area contributed by atoms with Gasteiger partial charge in [0, 0.05) is 24.4 Å². The Hall–Kier alpha value is -2.96. The minimum absolute atomic E-state index is 0.0160. The number of benzene rings is 2. The van der Waals surface area contributed by atoms with Crippen LogP contribution in [0, 0.1) is 22.9 Å². The Morgan fingerprint density at radius 2 is 2.04 bits per heavy atom. The molecule has 2 rings (SSSR count). The van der Waals surface area contributed by atoms with E-state index in [0.29, 0.717) is 17.9 Å². The second kappa shape index (κ2) is 7.54. The van der Waals surface area contributed by atoms with E-state index in [1.807, 2.05) is 6.92 Å². The first kappa shape index (κ1) is 17.4. The lowest BCUT2D eigenvalue weighted by atomic mass is 10.2. The van der Waals surface area contributed by atoms with Gasteiger partial charge < -0.3 is 10.2 Å². The Bertz CT molecular complexity index is 764. The molecule has 0 saturated heterocycles. The predicted molar refractivity (Wildman–Crippen MR) is 90.8 cm³/mol. The van der Waals surface area contributed by atoms with Crippen molar-refractivity contribution in [1.82, 2.24) is 0 Å². The number of carbonyl (C=O) groups is 1. The first-order valence-corrected chi connectivity index (χ1v) is 7.46. The van der Waals surface area contributed by atoms with Gasteiger partial charge in [0.25, 0.3) is 5.69 Å². The highest BCUT2D eigenvalue weighted by molar-refractivity contribution is 5.95. The number of hydrogen-bond acceptors (Lipinski definition) is 4. The molecule has 0 unspecified atom stereocenters. The smallest absolute Gasteiger partial charge is 0.271 e. The average molecular weight is 331 g/mol. The topological polar surface area (TPSA) is 75.5 Å². The van der Waals surface area contributed by atoms with Gasteiger partial charge in [0.15, 0.2) is 0 Å². The third-order valence-corrected chi connectivity index (χ3v) is 3.60. The lowest BCUT2D eigenvalue weighted by Gasteiger charge is -2.22. The minimum atomic E-state index is -0.514. The number of halogens is 1. The summed E-state index contributed by atoms with van der Waals surface area (Å²) in [4.78, 5) is 24.3. The van der Waals surface area contributed by atoms with E-state index in [1.54, 1.807) is 30.0 Å². The number of nitro groups is 1. The molecule has 0 spiro atoms. The average Bonchev–Trinajstić information content (AvgIpc) is 2.54. The van der Waals surface area contributed by atoms with E-state index in [0.717, 1.165) is 5.56 Å². The van der Waals surface area contributed by atoms with Crippen LogP contribution in [-0.4, -0.2) is 23.9 Å². The van der Waals surface area contributed by atoms with E-state index < -0.39 is 4.92 Å². The number of non-ortho nitro benzene ring substituents is 1. The lowest BCUT2D eigenvalue weighted by molar-refractivity contribution is -0.384. The van der Waals surface area contributed by atoms with Crippen molar-refractivity contribution >= 4 is 23.0 Å². The summed E-state index contributed by atoms with van der Waals surface area (Å²) in [5.41, 5.74) is 1.63. The van der Waals surface area contributed by atoms with Crippen LogP contribution in [0.1, 0.15) is 12.5 Å². The molecule has 0 aliphatic heterocycles. The van der Waals surface area contributed by atoms with Crippen molar-refractivity contribution in [3.63, 3.8) is 0 Å². The van der Waals surface area contributed by atoms with Crippen molar-refractivity contribution < 1.29 is 14.1 Å². The van der Waals surface area contributed by atoms with Gasteiger partial charge in [0.1, 0.15) is 5.82 Å². The van der Waals surface area contributed by atoms with Gasteiger partial charge in [-0.15, -0.1) is 0 Å². The number of anilines is 2. The number of hydrogen-bond donors (Lipinski definition) is 1. The van der Waals surface area contributed by atoms with E-state index in [1.165, 1.54) is 24.3 Å². The van der Waals surface area contributed by atoms with Gasteiger partial charge in [-0.3, -0.25) is 14.9 Å². The van der Waals surface area contributed by atoms with Crippen LogP contribution >= 0.6 is 0 Å². The van der Waals surface area contributed by atoms with Crippen LogP contribution < -0.4 is 10.2 Å². The minimum Gasteiger partial charge on any atom is -0.362 e. The fourth-order valence-corrected chi connectivity index (χ4v) is 2.28. The lowest BCUT2D eigenvalue weighted by Crippen LogP contribution is -2.33. The molecule has 0 aliphatic carbocycles. The molecule has 0 bridgehead atoms. The van der Waals surface area contributed by atoms with Crippen molar-refractivity contribution in [3.05, 3.63) is 64.0 Å². The van der Waals surface area contributed by atoms with Crippen molar-refractivity contribution in [2.75, 3.05) is 23.3 Å². The molecule has 2 aromatic carbocycles. The fraction of sp³-hybridized carbons (Fsp3) is 0.235. The van der Waals surface area contributed by atoms with Gasteiger partial charge in [-0.2, -0.15) is 0 Å². The number of carbonyl (C=O) groups excluding carboxylic acids is 1. The Labute approximate surface area is 139 Å². The Kier molecular flexibility index (Phi) is 5.47. The zero-order chi connectivity index (χ0) is 17.7. The van der Waals surface area contributed by atoms with Crippen LogP contribution in [0.25, 0.3) is 0 Å². The monoisotopic (exact) mass is 331 g/mol. The molecule has 0 radical (unpaired) electrons. The highest BCUT2D eigenvalue weighted by Crippen LogP contribution is 2.22. The molecular formula is C17H18FN3O3. The molecule has 126 valence electrons. The van der Waals surface area contributed by atoms with Crippen molar-refractivity contribution in [2.45, 2.75) is 13.8 Å². The van der Waals surface area contributed by atoms with E-state index in [2.05, 4.69) is 5.32 Å². The van der Waals surface area contributed by atoms with E-state index >= 15 is 0 Å². The number of nitrogens with one attached hydrogen (secondary N) is 1. The number of nitro benzene ring substituents is 1. The Balaban J connectivity index is 2.12. The molecule has 1 N–H and O–H groups in total.